The van der Waals surface area contributed by atoms with Crippen LogP contribution in [0.2, 0.25) is 5.02 Å². The second-order valence-electron chi connectivity index (χ2n) is 5.92. The number of rotatable bonds is 4. The van der Waals surface area contributed by atoms with E-state index in [9.17, 15) is 4.79 Å². The summed E-state index contributed by atoms with van der Waals surface area (Å²) in [6.45, 7) is 3.63. The van der Waals surface area contributed by atoms with Crippen molar-refractivity contribution in [3.05, 3.63) is 76.7 Å². The molecular formula is C20H19ClN4O. The second-order valence-corrected chi connectivity index (χ2v) is 6.33. The van der Waals surface area contributed by atoms with Crippen LogP contribution in [-0.2, 0) is 0 Å². The van der Waals surface area contributed by atoms with Crippen LogP contribution in [-0.4, -0.2) is 22.9 Å². The van der Waals surface area contributed by atoms with Gasteiger partial charge in [-0.1, -0.05) is 35.9 Å². The molecule has 0 spiro atoms. The molecule has 0 unspecified atom stereocenters. The predicted molar refractivity (Wildman–Crippen MR) is 105 cm³/mol. The zero-order valence-electron chi connectivity index (χ0n) is 14.8. The third kappa shape index (κ3) is 3.83. The van der Waals surface area contributed by atoms with E-state index in [0.717, 1.165) is 11.3 Å². The van der Waals surface area contributed by atoms with Crippen molar-refractivity contribution in [1.29, 1.82) is 0 Å². The molecule has 26 heavy (non-hydrogen) atoms. The third-order valence-electron chi connectivity index (χ3n) is 4.06. The molecular weight excluding hydrogens is 348 g/mol. The Morgan fingerprint density at radius 2 is 1.77 bits per heavy atom. The first kappa shape index (κ1) is 17.9. The number of amides is 1. The van der Waals surface area contributed by atoms with Crippen LogP contribution in [0.3, 0.4) is 0 Å². The molecule has 0 saturated heterocycles. The van der Waals surface area contributed by atoms with Gasteiger partial charge in [0, 0.05) is 29.5 Å². The highest BCUT2D eigenvalue weighted by Gasteiger charge is 2.15. The lowest BCUT2D eigenvalue weighted by atomic mass is 10.2. The van der Waals surface area contributed by atoms with Crippen molar-refractivity contribution in [2.75, 3.05) is 17.3 Å². The van der Waals surface area contributed by atoms with E-state index < -0.39 is 0 Å². The van der Waals surface area contributed by atoms with Gasteiger partial charge in [-0.3, -0.25) is 4.79 Å². The lowest BCUT2D eigenvalue weighted by molar-refractivity contribution is 0.102. The number of aryl methyl sites for hydroxylation is 1. The van der Waals surface area contributed by atoms with Gasteiger partial charge in [-0.2, -0.15) is 0 Å². The number of aromatic nitrogens is 2. The van der Waals surface area contributed by atoms with Gasteiger partial charge in [-0.15, -0.1) is 0 Å². The Kier molecular flexibility index (Phi) is 5.19. The minimum Gasteiger partial charge on any atom is -0.329 e. The van der Waals surface area contributed by atoms with E-state index in [-0.39, 0.29) is 5.91 Å². The van der Waals surface area contributed by atoms with E-state index in [2.05, 4.69) is 15.3 Å². The first-order valence-corrected chi connectivity index (χ1v) is 8.54. The van der Waals surface area contributed by atoms with Crippen LogP contribution < -0.4 is 10.2 Å². The normalized spacial score (nSPS) is 10.5. The average Bonchev–Trinajstić information content (AvgIpc) is 2.65. The number of nitrogens with one attached hydrogen (secondary N) is 1. The van der Waals surface area contributed by atoms with Crippen LogP contribution in [0, 0.1) is 13.8 Å². The summed E-state index contributed by atoms with van der Waals surface area (Å²) in [5.74, 6) is 0.874. The lowest BCUT2D eigenvalue weighted by Crippen LogP contribution is -2.18. The minimum absolute atomic E-state index is 0.301. The topological polar surface area (TPSA) is 58.1 Å². The number of nitrogens with zero attached hydrogens (tertiary/aromatic N) is 3. The number of carbonyl (C=O) groups is 1. The van der Waals surface area contributed by atoms with Crippen LogP contribution in [0.25, 0.3) is 0 Å². The van der Waals surface area contributed by atoms with Gasteiger partial charge in [-0.25, -0.2) is 9.97 Å². The molecule has 1 amide bonds. The number of carbonyl (C=O) groups excluding carboxylic acids is 1. The third-order valence-corrected chi connectivity index (χ3v) is 4.47. The quantitative estimate of drug-likeness (QED) is 0.722. The first-order valence-electron chi connectivity index (χ1n) is 8.16. The molecule has 5 nitrogen and oxygen atoms in total. The maximum atomic E-state index is 12.7. The monoisotopic (exact) mass is 366 g/mol. The van der Waals surface area contributed by atoms with Crippen LogP contribution in [0.1, 0.15) is 21.9 Å². The molecule has 0 saturated carbocycles. The van der Waals surface area contributed by atoms with Crippen LogP contribution in [0.15, 0.2) is 54.6 Å². The maximum absolute atomic E-state index is 12.7. The van der Waals surface area contributed by atoms with Crippen molar-refractivity contribution in [3.63, 3.8) is 0 Å². The standard InChI is InChI=1S/C20H19ClN4O/c1-13-16(21)10-7-11-17(13)24-20(26)18-12-19(23-14(2)22-18)25(3)15-8-5-4-6-9-15/h4-12H,1-3H3,(H,24,26). The van der Waals surface area contributed by atoms with Gasteiger partial charge < -0.3 is 10.2 Å². The zero-order chi connectivity index (χ0) is 18.7. The van der Waals surface area contributed by atoms with Crippen molar-refractivity contribution in [2.45, 2.75) is 13.8 Å². The number of para-hydroxylation sites is 1. The molecule has 6 heteroatoms. The highest BCUT2D eigenvalue weighted by Crippen LogP contribution is 2.25. The van der Waals surface area contributed by atoms with E-state index in [1.54, 1.807) is 25.1 Å². The summed E-state index contributed by atoms with van der Waals surface area (Å²) in [6, 6.07) is 16.9. The van der Waals surface area contributed by atoms with E-state index >= 15 is 0 Å². The largest absolute Gasteiger partial charge is 0.329 e. The number of hydrogen-bond donors (Lipinski definition) is 1. The van der Waals surface area contributed by atoms with E-state index in [1.807, 2.05) is 55.3 Å². The van der Waals surface area contributed by atoms with Gasteiger partial charge in [0.15, 0.2) is 0 Å². The summed E-state index contributed by atoms with van der Waals surface area (Å²) in [5.41, 5.74) is 2.75. The Bertz CT molecular complexity index is 944. The predicted octanol–water partition coefficient (Wildman–Crippen LogP) is 4.77. The Labute approximate surface area is 157 Å². The highest BCUT2D eigenvalue weighted by molar-refractivity contribution is 6.31. The molecule has 0 bridgehead atoms. The molecule has 1 N–H and O–H groups in total. The van der Waals surface area contributed by atoms with Crippen LogP contribution in [0.5, 0.6) is 0 Å². The van der Waals surface area contributed by atoms with Gasteiger partial charge in [0.25, 0.3) is 5.91 Å². The van der Waals surface area contributed by atoms with Gasteiger partial charge in [0.1, 0.15) is 17.3 Å². The highest BCUT2D eigenvalue weighted by atomic mass is 35.5. The Morgan fingerprint density at radius 3 is 2.50 bits per heavy atom. The van der Waals surface area contributed by atoms with E-state index in [1.165, 1.54) is 0 Å². The fourth-order valence-corrected chi connectivity index (χ4v) is 2.73. The molecule has 3 rings (SSSR count). The summed E-state index contributed by atoms with van der Waals surface area (Å²) >= 11 is 6.12. The molecule has 0 aliphatic carbocycles. The summed E-state index contributed by atoms with van der Waals surface area (Å²) in [6.07, 6.45) is 0. The van der Waals surface area contributed by atoms with Gasteiger partial charge >= 0.3 is 0 Å². The smallest absolute Gasteiger partial charge is 0.274 e. The van der Waals surface area contributed by atoms with Crippen molar-refractivity contribution < 1.29 is 4.79 Å². The molecule has 1 heterocycles. The second kappa shape index (κ2) is 7.54. The van der Waals surface area contributed by atoms with Crippen LogP contribution >= 0.6 is 11.6 Å². The van der Waals surface area contributed by atoms with Crippen molar-refractivity contribution >= 4 is 34.7 Å². The average molecular weight is 367 g/mol. The van der Waals surface area contributed by atoms with Crippen LogP contribution in [0.4, 0.5) is 17.2 Å². The number of benzene rings is 2. The molecule has 2 aromatic carbocycles. The molecule has 0 fully saturated rings. The van der Waals surface area contributed by atoms with Crippen molar-refractivity contribution in [3.8, 4) is 0 Å². The maximum Gasteiger partial charge on any atom is 0.274 e. The zero-order valence-corrected chi connectivity index (χ0v) is 15.6. The molecule has 0 atom stereocenters. The summed E-state index contributed by atoms with van der Waals surface area (Å²) in [5, 5.41) is 3.47. The Balaban J connectivity index is 1.90. The molecule has 0 aliphatic heterocycles. The van der Waals surface area contributed by atoms with Crippen molar-refractivity contribution in [2.24, 2.45) is 0 Å². The van der Waals surface area contributed by atoms with Gasteiger partial charge in [-0.05, 0) is 43.7 Å². The molecule has 0 radical (unpaired) electrons. The summed E-state index contributed by atoms with van der Waals surface area (Å²) in [4.78, 5) is 23.3. The lowest BCUT2D eigenvalue weighted by Gasteiger charge is -2.19. The first-order chi connectivity index (χ1) is 12.5. The Morgan fingerprint density at radius 1 is 1.04 bits per heavy atom. The van der Waals surface area contributed by atoms with E-state index in [0.29, 0.717) is 28.0 Å². The van der Waals surface area contributed by atoms with Crippen molar-refractivity contribution in [1.82, 2.24) is 9.97 Å². The van der Waals surface area contributed by atoms with Gasteiger partial charge in [0.05, 0.1) is 0 Å². The minimum atomic E-state index is -0.302. The SMILES string of the molecule is Cc1nc(C(=O)Nc2cccc(Cl)c2C)cc(N(C)c2ccccc2)n1. The number of halogens is 1. The molecule has 132 valence electrons. The number of hydrogen-bond acceptors (Lipinski definition) is 4. The van der Waals surface area contributed by atoms with Gasteiger partial charge in [0.2, 0.25) is 0 Å². The molecule has 3 aromatic rings. The fourth-order valence-electron chi connectivity index (χ4n) is 2.55. The number of anilines is 3. The fraction of sp³-hybridized carbons (Fsp3) is 0.150. The Hall–Kier alpha value is -2.92. The molecule has 0 aliphatic rings. The summed E-state index contributed by atoms with van der Waals surface area (Å²) < 4.78 is 0. The molecule has 1 aromatic heterocycles. The summed E-state index contributed by atoms with van der Waals surface area (Å²) in [7, 11) is 1.90. The van der Waals surface area contributed by atoms with E-state index in [4.69, 9.17) is 11.6 Å².